The molecule has 0 aliphatic heterocycles. The maximum absolute atomic E-state index is 12.5. The van der Waals surface area contributed by atoms with Gasteiger partial charge in [0.05, 0.1) is 26.7 Å². The summed E-state index contributed by atoms with van der Waals surface area (Å²) >= 11 is 0. The average molecular weight is 403 g/mol. The van der Waals surface area contributed by atoms with E-state index in [1.807, 2.05) is 13.8 Å². The highest BCUT2D eigenvalue weighted by Gasteiger charge is 2.29. The molecule has 0 spiro atoms. The quantitative estimate of drug-likeness (QED) is 0.467. The normalized spacial score (nSPS) is 11.6. The summed E-state index contributed by atoms with van der Waals surface area (Å²) in [5.74, 6) is -0.567. The predicted octanol–water partition coefficient (Wildman–Crippen LogP) is 3.45. The van der Waals surface area contributed by atoms with Crippen LogP contribution in [0.4, 0.5) is 13.2 Å². The van der Waals surface area contributed by atoms with Crippen LogP contribution < -0.4 is 9.47 Å². The van der Waals surface area contributed by atoms with Gasteiger partial charge in [-0.2, -0.15) is 13.2 Å². The Bertz CT molecular complexity index is 701. The third kappa shape index (κ3) is 8.32. The minimum absolute atomic E-state index is 0.0580. The Morgan fingerprint density at radius 3 is 2.39 bits per heavy atom. The maximum atomic E-state index is 12.5. The lowest BCUT2D eigenvalue weighted by atomic mass is 10.2. The summed E-state index contributed by atoms with van der Waals surface area (Å²) in [6.45, 7) is 2.51. The second-order valence-electron chi connectivity index (χ2n) is 6.11. The van der Waals surface area contributed by atoms with E-state index in [2.05, 4.69) is 4.74 Å². The molecule has 0 fully saturated rings. The molecule has 0 heterocycles. The molecule has 0 saturated heterocycles. The van der Waals surface area contributed by atoms with Crippen molar-refractivity contribution in [1.29, 1.82) is 0 Å². The SMILES string of the molecule is COC(=O)CN(CCC(F)(F)F)C(=O)/C=C/c1ccc(OC(C)C)c(OC)c1. The van der Waals surface area contributed by atoms with E-state index in [9.17, 15) is 22.8 Å². The Morgan fingerprint density at radius 2 is 1.86 bits per heavy atom. The van der Waals surface area contributed by atoms with Gasteiger partial charge in [-0.05, 0) is 37.6 Å². The van der Waals surface area contributed by atoms with Gasteiger partial charge in [0.1, 0.15) is 6.54 Å². The van der Waals surface area contributed by atoms with Crippen molar-refractivity contribution < 1.29 is 37.0 Å². The van der Waals surface area contributed by atoms with Gasteiger partial charge in [0.15, 0.2) is 11.5 Å². The molecule has 1 aromatic carbocycles. The number of carbonyl (C=O) groups is 2. The Balaban J connectivity index is 2.92. The van der Waals surface area contributed by atoms with Gasteiger partial charge in [-0.25, -0.2) is 0 Å². The Labute approximate surface area is 161 Å². The zero-order chi connectivity index (χ0) is 21.3. The highest BCUT2D eigenvalue weighted by atomic mass is 19.4. The molecule has 1 rings (SSSR count). The number of carbonyl (C=O) groups excluding carboxylic acids is 2. The molecule has 0 aromatic heterocycles. The number of esters is 1. The summed E-state index contributed by atoms with van der Waals surface area (Å²) in [6, 6.07) is 4.96. The molecule has 0 radical (unpaired) electrons. The fourth-order valence-electron chi connectivity index (χ4n) is 2.16. The van der Waals surface area contributed by atoms with Crippen LogP contribution in [0.15, 0.2) is 24.3 Å². The molecule has 28 heavy (non-hydrogen) atoms. The Kier molecular flexibility index (Phi) is 8.81. The standard InChI is InChI=1S/C19H24F3NO5/c1-13(2)28-15-7-5-14(11-16(15)26-3)6-8-17(24)23(12-18(25)27-4)10-9-19(20,21)22/h5-8,11,13H,9-10,12H2,1-4H3/b8-6+. The molecular weight excluding hydrogens is 379 g/mol. The largest absolute Gasteiger partial charge is 0.493 e. The highest BCUT2D eigenvalue weighted by molar-refractivity contribution is 5.93. The van der Waals surface area contributed by atoms with E-state index in [0.717, 1.165) is 18.1 Å². The summed E-state index contributed by atoms with van der Waals surface area (Å²) in [5.41, 5.74) is 0.579. The van der Waals surface area contributed by atoms with Crippen molar-refractivity contribution in [3.63, 3.8) is 0 Å². The molecule has 0 bridgehead atoms. The van der Waals surface area contributed by atoms with Crippen molar-refractivity contribution in [2.24, 2.45) is 0 Å². The number of rotatable bonds is 9. The molecule has 0 N–H and O–H groups in total. The molecule has 6 nitrogen and oxygen atoms in total. The number of benzene rings is 1. The summed E-state index contributed by atoms with van der Waals surface area (Å²) < 4.78 is 52.7. The number of hydrogen-bond donors (Lipinski definition) is 0. The van der Waals surface area contributed by atoms with Gasteiger partial charge in [-0.15, -0.1) is 0 Å². The van der Waals surface area contributed by atoms with Gasteiger partial charge in [-0.3, -0.25) is 9.59 Å². The fraction of sp³-hybridized carbons (Fsp3) is 0.474. The Morgan fingerprint density at radius 1 is 1.18 bits per heavy atom. The molecule has 1 amide bonds. The summed E-state index contributed by atoms with van der Waals surface area (Å²) in [7, 11) is 2.56. The zero-order valence-corrected chi connectivity index (χ0v) is 16.2. The monoisotopic (exact) mass is 403 g/mol. The number of halogens is 3. The van der Waals surface area contributed by atoms with Crippen molar-refractivity contribution in [2.75, 3.05) is 27.3 Å². The molecule has 0 saturated carbocycles. The van der Waals surface area contributed by atoms with Crippen LogP contribution in [0.5, 0.6) is 11.5 Å². The van der Waals surface area contributed by atoms with Gasteiger partial charge < -0.3 is 19.1 Å². The van der Waals surface area contributed by atoms with Gasteiger partial charge in [0, 0.05) is 12.6 Å². The van der Waals surface area contributed by atoms with E-state index in [1.165, 1.54) is 13.2 Å². The molecular formula is C19H24F3NO5. The minimum atomic E-state index is -4.45. The molecule has 1 aromatic rings. The number of nitrogens with zero attached hydrogens (tertiary/aromatic N) is 1. The summed E-state index contributed by atoms with van der Waals surface area (Å²) in [6.07, 6.45) is -3.22. The van der Waals surface area contributed by atoms with Crippen LogP contribution in [0, 0.1) is 0 Å². The second-order valence-corrected chi connectivity index (χ2v) is 6.11. The molecule has 9 heteroatoms. The number of methoxy groups -OCH3 is 2. The first-order valence-corrected chi connectivity index (χ1v) is 8.51. The zero-order valence-electron chi connectivity index (χ0n) is 16.2. The lowest BCUT2D eigenvalue weighted by Crippen LogP contribution is -2.37. The average Bonchev–Trinajstić information content (AvgIpc) is 2.62. The molecule has 0 atom stereocenters. The number of amides is 1. The van der Waals surface area contributed by atoms with E-state index in [1.54, 1.807) is 18.2 Å². The van der Waals surface area contributed by atoms with E-state index >= 15 is 0 Å². The van der Waals surface area contributed by atoms with Crippen molar-refractivity contribution in [3.05, 3.63) is 29.8 Å². The van der Waals surface area contributed by atoms with Gasteiger partial charge in [0.2, 0.25) is 5.91 Å². The number of ether oxygens (including phenoxy) is 3. The van der Waals surface area contributed by atoms with E-state index in [4.69, 9.17) is 9.47 Å². The molecule has 0 unspecified atom stereocenters. The van der Waals surface area contributed by atoms with Crippen molar-refractivity contribution in [3.8, 4) is 11.5 Å². The predicted molar refractivity (Wildman–Crippen MR) is 97.1 cm³/mol. The summed E-state index contributed by atoms with van der Waals surface area (Å²) in [5, 5.41) is 0. The lowest BCUT2D eigenvalue weighted by Gasteiger charge is -2.20. The minimum Gasteiger partial charge on any atom is -0.493 e. The second kappa shape index (κ2) is 10.6. The van der Waals surface area contributed by atoms with Crippen LogP contribution in [0.1, 0.15) is 25.8 Å². The maximum Gasteiger partial charge on any atom is 0.390 e. The van der Waals surface area contributed by atoms with Crippen LogP contribution in [0.25, 0.3) is 6.08 Å². The molecule has 156 valence electrons. The van der Waals surface area contributed by atoms with E-state index in [0.29, 0.717) is 17.1 Å². The smallest absolute Gasteiger partial charge is 0.390 e. The molecule has 0 aliphatic carbocycles. The van der Waals surface area contributed by atoms with Crippen LogP contribution in [0.3, 0.4) is 0 Å². The molecule has 0 aliphatic rings. The van der Waals surface area contributed by atoms with Gasteiger partial charge in [0.25, 0.3) is 0 Å². The van der Waals surface area contributed by atoms with Crippen LogP contribution >= 0.6 is 0 Å². The third-order valence-electron chi connectivity index (χ3n) is 3.49. The fourth-order valence-corrected chi connectivity index (χ4v) is 2.16. The first-order valence-electron chi connectivity index (χ1n) is 8.51. The van der Waals surface area contributed by atoms with Crippen LogP contribution in [0.2, 0.25) is 0 Å². The highest BCUT2D eigenvalue weighted by Crippen LogP contribution is 2.29. The van der Waals surface area contributed by atoms with Crippen LogP contribution in [-0.2, 0) is 14.3 Å². The third-order valence-corrected chi connectivity index (χ3v) is 3.49. The number of alkyl halides is 3. The van der Waals surface area contributed by atoms with Crippen molar-refractivity contribution in [1.82, 2.24) is 4.90 Å². The van der Waals surface area contributed by atoms with Gasteiger partial charge >= 0.3 is 12.1 Å². The summed E-state index contributed by atoms with van der Waals surface area (Å²) in [4.78, 5) is 24.4. The first kappa shape index (κ1) is 23.3. The van der Waals surface area contributed by atoms with Gasteiger partial charge in [-0.1, -0.05) is 6.07 Å². The van der Waals surface area contributed by atoms with E-state index < -0.39 is 37.6 Å². The first-order chi connectivity index (χ1) is 13.1. The van der Waals surface area contributed by atoms with Crippen molar-refractivity contribution >= 4 is 18.0 Å². The van der Waals surface area contributed by atoms with Crippen LogP contribution in [-0.4, -0.2) is 56.4 Å². The van der Waals surface area contributed by atoms with Crippen molar-refractivity contribution in [2.45, 2.75) is 32.5 Å². The van der Waals surface area contributed by atoms with E-state index in [-0.39, 0.29) is 6.10 Å². The lowest BCUT2D eigenvalue weighted by molar-refractivity contribution is -0.152. The number of hydrogen-bond acceptors (Lipinski definition) is 5. The topological polar surface area (TPSA) is 65.1 Å². The Hall–Kier alpha value is -2.71.